The molecule has 0 radical (unpaired) electrons. The Morgan fingerprint density at radius 2 is 2.20 bits per heavy atom. The fourth-order valence-corrected chi connectivity index (χ4v) is 1.54. The van der Waals surface area contributed by atoms with Gasteiger partial charge in [0.05, 0.1) is 24.6 Å². The van der Waals surface area contributed by atoms with Gasteiger partial charge in [-0.05, 0) is 12.1 Å². The molecule has 0 fully saturated rings. The van der Waals surface area contributed by atoms with Crippen molar-refractivity contribution in [3.63, 3.8) is 0 Å². The second-order valence-electron chi connectivity index (χ2n) is 3.77. The molecule has 0 aliphatic carbocycles. The highest BCUT2D eigenvalue weighted by Crippen LogP contribution is 2.20. The number of nitrogens with two attached hydrogens (primary N) is 1. The summed E-state index contributed by atoms with van der Waals surface area (Å²) in [4.78, 5) is 19.5. The van der Waals surface area contributed by atoms with Gasteiger partial charge in [0.15, 0.2) is 0 Å². The van der Waals surface area contributed by atoms with Crippen LogP contribution in [0.15, 0.2) is 30.5 Å². The number of ether oxygens (including phenoxy) is 1. The van der Waals surface area contributed by atoms with Crippen LogP contribution in [0.3, 0.4) is 0 Å². The third-order valence-corrected chi connectivity index (χ3v) is 2.52. The number of nitrogen functional groups attached to an aromatic ring is 1. The van der Waals surface area contributed by atoms with Crippen LogP contribution in [0.1, 0.15) is 15.9 Å². The maximum atomic E-state index is 11.6. The summed E-state index contributed by atoms with van der Waals surface area (Å²) in [5.74, 6) is -0.215. The molecule has 0 saturated heterocycles. The van der Waals surface area contributed by atoms with E-state index >= 15 is 0 Å². The molecule has 1 heterocycles. The molecule has 7 heteroatoms. The van der Waals surface area contributed by atoms with E-state index in [0.717, 1.165) is 0 Å². The lowest BCUT2D eigenvalue weighted by atomic mass is 10.2. The Kier molecular flexibility index (Phi) is 3.77. The number of benzene rings is 1. The second-order valence-corrected chi connectivity index (χ2v) is 3.77. The monoisotopic (exact) mass is 269 g/mol. The van der Waals surface area contributed by atoms with Crippen molar-refractivity contribution in [2.24, 2.45) is 0 Å². The number of carbonyl (C=O) groups is 1. The predicted molar refractivity (Wildman–Crippen MR) is 72.2 cm³/mol. The molecule has 2 rings (SSSR count). The molecule has 3 N–H and O–H groups in total. The van der Waals surface area contributed by atoms with E-state index in [2.05, 4.69) is 20.0 Å². The average molecular weight is 269 g/mol. The number of esters is 1. The minimum Gasteiger partial charge on any atom is -0.465 e. The number of nitrogens with one attached hydrogen (secondary N) is 1. The second kappa shape index (κ2) is 5.67. The molecule has 0 bridgehead atoms. The van der Waals surface area contributed by atoms with E-state index in [1.54, 1.807) is 24.3 Å². The van der Waals surface area contributed by atoms with Gasteiger partial charge < -0.3 is 15.8 Å². The third-order valence-electron chi connectivity index (χ3n) is 2.52. The summed E-state index contributed by atoms with van der Waals surface area (Å²) in [7, 11) is 1.30. The molecule has 0 atom stereocenters. The number of carbonyl (C=O) groups excluding carboxylic acids is 1. The van der Waals surface area contributed by atoms with Crippen molar-refractivity contribution in [3.05, 3.63) is 41.6 Å². The van der Waals surface area contributed by atoms with Gasteiger partial charge in [0.1, 0.15) is 17.5 Å². The van der Waals surface area contributed by atoms with Gasteiger partial charge in [0.2, 0.25) is 5.95 Å². The van der Waals surface area contributed by atoms with Crippen LogP contribution in [0.5, 0.6) is 0 Å². The predicted octanol–water partition coefficient (Wildman–Crippen LogP) is 1.46. The van der Waals surface area contributed by atoms with E-state index in [4.69, 9.17) is 11.0 Å². The largest absolute Gasteiger partial charge is 0.465 e. The number of aromatic nitrogens is 2. The molecule has 2 aromatic rings. The lowest BCUT2D eigenvalue weighted by Gasteiger charge is -2.09. The summed E-state index contributed by atoms with van der Waals surface area (Å²) in [6.07, 6.45) is 1.31. The Morgan fingerprint density at radius 1 is 1.45 bits per heavy atom. The maximum absolute atomic E-state index is 11.6. The van der Waals surface area contributed by atoms with Crippen molar-refractivity contribution in [2.75, 3.05) is 18.2 Å². The van der Waals surface area contributed by atoms with Gasteiger partial charge in [-0.15, -0.1) is 0 Å². The smallest absolute Gasteiger partial charge is 0.339 e. The number of hydrogen-bond donors (Lipinski definition) is 2. The number of para-hydroxylation sites is 1. The van der Waals surface area contributed by atoms with Crippen LogP contribution in [0.25, 0.3) is 0 Å². The third kappa shape index (κ3) is 2.64. The van der Waals surface area contributed by atoms with E-state index < -0.39 is 5.97 Å². The Labute approximate surface area is 115 Å². The van der Waals surface area contributed by atoms with E-state index in [0.29, 0.717) is 11.3 Å². The fourth-order valence-electron chi connectivity index (χ4n) is 1.54. The molecule has 0 saturated carbocycles. The highest BCUT2D eigenvalue weighted by molar-refractivity contribution is 5.96. The van der Waals surface area contributed by atoms with Crippen molar-refractivity contribution in [3.8, 4) is 6.07 Å². The number of nitrogens with zero attached hydrogens (tertiary/aromatic N) is 3. The van der Waals surface area contributed by atoms with Crippen LogP contribution >= 0.6 is 0 Å². The number of nitriles is 1. The molecule has 0 unspecified atom stereocenters. The molecular weight excluding hydrogens is 258 g/mol. The van der Waals surface area contributed by atoms with Crippen molar-refractivity contribution in [1.82, 2.24) is 9.97 Å². The summed E-state index contributed by atoms with van der Waals surface area (Å²) in [5, 5.41) is 11.6. The Bertz CT molecular complexity index is 693. The van der Waals surface area contributed by atoms with Crippen molar-refractivity contribution in [2.45, 2.75) is 0 Å². The van der Waals surface area contributed by atoms with Crippen molar-refractivity contribution < 1.29 is 9.53 Å². The van der Waals surface area contributed by atoms with Gasteiger partial charge >= 0.3 is 5.97 Å². The molecule has 0 aliphatic rings. The Balaban J connectivity index is 2.33. The van der Waals surface area contributed by atoms with E-state index in [1.807, 2.05) is 6.07 Å². The molecular formula is C13H11N5O2. The van der Waals surface area contributed by atoms with Crippen LogP contribution < -0.4 is 11.1 Å². The number of rotatable bonds is 3. The molecule has 100 valence electrons. The summed E-state index contributed by atoms with van der Waals surface area (Å²) >= 11 is 0. The lowest BCUT2D eigenvalue weighted by molar-refractivity contribution is 0.0602. The van der Waals surface area contributed by atoms with Crippen LogP contribution in [-0.2, 0) is 4.74 Å². The fraction of sp³-hybridized carbons (Fsp3) is 0.0769. The van der Waals surface area contributed by atoms with Gasteiger partial charge in [-0.3, -0.25) is 0 Å². The summed E-state index contributed by atoms with van der Waals surface area (Å²) in [5.41, 5.74) is 6.63. The lowest BCUT2D eigenvalue weighted by Crippen LogP contribution is -2.08. The van der Waals surface area contributed by atoms with E-state index in [1.165, 1.54) is 13.3 Å². The van der Waals surface area contributed by atoms with Gasteiger partial charge in [-0.25, -0.2) is 9.78 Å². The van der Waals surface area contributed by atoms with Crippen LogP contribution in [-0.4, -0.2) is 23.0 Å². The molecule has 7 nitrogen and oxygen atoms in total. The summed E-state index contributed by atoms with van der Waals surface area (Å²) < 4.78 is 4.69. The van der Waals surface area contributed by atoms with Crippen LogP contribution in [0, 0.1) is 11.3 Å². The van der Waals surface area contributed by atoms with Crippen LogP contribution in [0.4, 0.5) is 17.5 Å². The van der Waals surface area contributed by atoms with Crippen molar-refractivity contribution in [1.29, 1.82) is 5.26 Å². The maximum Gasteiger partial charge on any atom is 0.339 e. The average Bonchev–Trinajstić information content (AvgIpc) is 2.47. The first-order chi connectivity index (χ1) is 9.65. The van der Waals surface area contributed by atoms with E-state index in [-0.39, 0.29) is 17.3 Å². The zero-order valence-corrected chi connectivity index (χ0v) is 10.6. The molecule has 1 aromatic carbocycles. The van der Waals surface area contributed by atoms with Crippen LogP contribution in [0.2, 0.25) is 0 Å². The first-order valence-electron chi connectivity index (χ1n) is 5.62. The Morgan fingerprint density at radius 3 is 2.85 bits per heavy atom. The quantitative estimate of drug-likeness (QED) is 0.810. The minimum atomic E-state index is -0.477. The molecule has 1 aromatic heterocycles. The highest BCUT2D eigenvalue weighted by Gasteiger charge is 2.12. The SMILES string of the molecule is COC(=O)c1ccccc1Nc1ncc(C#N)c(N)n1. The zero-order valence-electron chi connectivity index (χ0n) is 10.6. The van der Waals surface area contributed by atoms with Gasteiger partial charge in [-0.2, -0.15) is 10.2 Å². The standard InChI is InChI=1S/C13H11N5O2/c1-20-12(19)9-4-2-3-5-10(9)17-13-16-7-8(6-14)11(15)18-13/h2-5,7H,1H3,(H3,15,16,17,18). The highest BCUT2D eigenvalue weighted by atomic mass is 16.5. The Hall–Kier alpha value is -3.14. The first-order valence-corrected chi connectivity index (χ1v) is 5.62. The summed E-state index contributed by atoms with van der Waals surface area (Å²) in [6.45, 7) is 0. The van der Waals surface area contributed by atoms with Gasteiger partial charge in [0.25, 0.3) is 0 Å². The summed E-state index contributed by atoms with van der Waals surface area (Å²) in [6, 6.07) is 8.64. The van der Waals surface area contributed by atoms with Crippen molar-refractivity contribution >= 4 is 23.4 Å². The van der Waals surface area contributed by atoms with Gasteiger partial charge in [0, 0.05) is 0 Å². The zero-order chi connectivity index (χ0) is 14.5. The topological polar surface area (TPSA) is 114 Å². The first kappa shape index (κ1) is 13.3. The number of anilines is 3. The van der Waals surface area contributed by atoms with Gasteiger partial charge in [-0.1, -0.05) is 12.1 Å². The molecule has 0 amide bonds. The minimum absolute atomic E-state index is 0.0700. The molecule has 0 spiro atoms. The van der Waals surface area contributed by atoms with E-state index in [9.17, 15) is 4.79 Å². The molecule has 20 heavy (non-hydrogen) atoms. The molecule has 0 aliphatic heterocycles. The number of methoxy groups -OCH3 is 1. The number of hydrogen-bond acceptors (Lipinski definition) is 7. The normalized spacial score (nSPS) is 9.60.